The Balaban J connectivity index is 0.000000452. The number of hydrogen-bond donors (Lipinski definition) is 0. The summed E-state index contributed by atoms with van der Waals surface area (Å²) in [6, 6.07) is 18.3. The summed E-state index contributed by atoms with van der Waals surface area (Å²) in [6.07, 6.45) is 0. The third kappa shape index (κ3) is 2.55. The molecule has 0 saturated heterocycles. The van der Waals surface area contributed by atoms with Crippen molar-refractivity contribution in [2.45, 2.75) is 12.8 Å². The zero-order valence-electron chi connectivity index (χ0n) is 11.2. The van der Waals surface area contributed by atoms with E-state index >= 15 is 0 Å². The third-order valence-corrected chi connectivity index (χ3v) is 3.29. The highest BCUT2D eigenvalue weighted by molar-refractivity contribution is 5.78. The number of fused-ring (bicyclic) bond motifs is 3. The number of carbonyl (C=O) groups is 1. The molecule has 0 spiro atoms. The summed E-state index contributed by atoms with van der Waals surface area (Å²) in [5, 5.41) is 7.32. The van der Waals surface area contributed by atoms with E-state index in [9.17, 15) is 4.79 Å². The molecule has 20 heavy (non-hydrogen) atoms. The smallest absolute Gasteiger partial charge is 0.293 e. The SMILES string of the molecule is CC#N.O=COCC1c2ccccc2-c2ccccc21. The van der Waals surface area contributed by atoms with E-state index in [1.54, 1.807) is 6.07 Å². The molecule has 0 bridgehead atoms. The largest absolute Gasteiger partial charge is 0.467 e. The van der Waals surface area contributed by atoms with Crippen molar-refractivity contribution in [1.82, 2.24) is 0 Å². The molecule has 0 saturated carbocycles. The summed E-state index contributed by atoms with van der Waals surface area (Å²) in [5.41, 5.74) is 5.00. The van der Waals surface area contributed by atoms with Gasteiger partial charge in [-0.25, -0.2) is 0 Å². The van der Waals surface area contributed by atoms with Crippen molar-refractivity contribution < 1.29 is 9.53 Å². The molecule has 3 rings (SSSR count). The van der Waals surface area contributed by atoms with Gasteiger partial charge in [-0.15, -0.1) is 0 Å². The third-order valence-electron chi connectivity index (χ3n) is 3.29. The lowest BCUT2D eigenvalue weighted by Crippen LogP contribution is -2.05. The van der Waals surface area contributed by atoms with E-state index in [4.69, 9.17) is 10.00 Å². The summed E-state index contributed by atoms with van der Waals surface area (Å²) in [5.74, 6) is 0.174. The lowest BCUT2D eigenvalue weighted by molar-refractivity contribution is -0.128. The second-order valence-corrected chi connectivity index (χ2v) is 4.38. The van der Waals surface area contributed by atoms with Crippen LogP contribution in [0.3, 0.4) is 0 Å². The summed E-state index contributed by atoms with van der Waals surface area (Å²) < 4.78 is 4.95. The van der Waals surface area contributed by atoms with Gasteiger partial charge in [-0.05, 0) is 22.3 Å². The van der Waals surface area contributed by atoms with E-state index in [-0.39, 0.29) is 5.92 Å². The number of nitriles is 1. The molecule has 0 fully saturated rings. The molecule has 3 heteroatoms. The summed E-state index contributed by atoms with van der Waals surface area (Å²) >= 11 is 0. The van der Waals surface area contributed by atoms with Crippen LogP contribution in [-0.2, 0) is 9.53 Å². The predicted molar refractivity (Wildman–Crippen MR) is 77.0 cm³/mol. The van der Waals surface area contributed by atoms with Crippen LogP contribution in [0.15, 0.2) is 48.5 Å². The molecule has 1 aliphatic carbocycles. The Morgan fingerprint density at radius 2 is 1.55 bits per heavy atom. The van der Waals surface area contributed by atoms with E-state index in [0.29, 0.717) is 13.1 Å². The van der Waals surface area contributed by atoms with Crippen molar-refractivity contribution in [1.29, 1.82) is 5.26 Å². The van der Waals surface area contributed by atoms with Crippen molar-refractivity contribution in [2.24, 2.45) is 0 Å². The maximum absolute atomic E-state index is 10.4. The maximum Gasteiger partial charge on any atom is 0.293 e. The van der Waals surface area contributed by atoms with Gasteiger partial charge in [0.25, 0.3) is 6.47 Å². The fourth-order valence-corrected chi connectivity index (χ4v) is 2.57. The zero-order chi connectivity index (χ0) is 14.4. The van der Waals surface area contributed by atoms with Crippen LogP contribution in [0.2, 0.25) is 0 Å². The number of nitrogens with zero attached hydrogens (tertiary/aromatic N) is 1. The first-order valence-electron chi connectivity index (χ1n) is 6.37. The lowest BCUT2D eigenvalue weighted by Gasteiger charge is -2.11. The van der Waals surface area contributed by atoms with Crippen LogP contribution < -0.4 is 0 Å². The minimum Gasteiger partial charge on any atom is -0.467 e. The van der Waals surface area contributed by atoms with Gasteiger partial charge in [0.2, 0.25) is 0 Å². The van der Waals surface area contributed by atoms with Gasteiger partial charge in [-0.3, -0.25) is 4.79 Å². The number of benzene rings is 2. The van der Waals surface area contributed by atoms with Crippen LogP contribution in [-0.4, -0.2) is 13.1 Å². The van der Waals surface area contributed by atoms with Gasteiger partial charge in [0.1, 0.15) is 6.61 Å². The van der Waals surface area contributed by atoms with Gasteiger partial charge in [-0.1, -0.05) is 48.5 Å². The second-order valence-electron chi connectivity index (χ2n) is 4.38. The van der Waals surface area contributed by atoms with Crippen molar-refractivity contribution in [3.63, 3.8) is 0 Å². The van der Waals surface area contributed by atoms with Crippen molar-refractivity contribution in [2.75, 3.05) is 6.61 Å². The average molecular weight is 265 g/mol. The fraction of sp³-hybridized carbons (Fsp3) is 0.176. The van der Waals surface area contributed by atoms with E-state index in [2.05, 4.69) is 24.3 Å². The number of rotatable bonds is 3. The molecule has 0 aliphatic heterocycles. The molecule has 0 heterocycles. The Hall–Kier alpha value is -2.60. The summed E-state index contributed by atoms with van der Waals surface area (Å²) in [4.78, 5) is 10.4. The Morgan fingerprint density at radius 1 is 1.10 bits per heavy atom. The molecule has 100 valence electrons. The molecule has 0 radical (unpaired) electrons. The number of carbonyl (C=O) groups excluding carboxylic acids is 1. The summed E-state index contributed by atoms with van der Waals surface area (Å²) in [7, 11) is 0. The molecule has 0 N–H and O–H groups in total. The van der Waals surface area contributed by atoms with Crippen LogP contribution in [0.4, 0.5) is 0 Å². The molecule has 0 amide bonds. The molecule has 1 aliphatic rings. The second kappa shape index (κ2) is 6.53. The van der Waals surface area contributed by atoms with Crippen molar-refractivity contribution >= 4 is 6.47 Å². The molecule has 0 aromatic heterocycles. The Labute approximate surface area is 118 Å². The number of ether oxygens (including phenoxy) is 1. The van der Waals surface area contributed by atoms with E-state index in [1.165, 1.54) is 29.2 Å². The molecule has 3 nitrogen and oxygen atoms in total. The normalized spacial score (nSPS) is 11.4. The molecule has 2 aromatic rings. The first-order chi connectivity index (χ1) is 9.83. The van der Waals surface area contributed by atoms with Gasteiger partial charge in [0.05, 0.1) is 6.07 Å². The first kappa shape index (κ1) is 13.8. The van der Waals surface area contributed by atoms with Gasteiger partial charge >= 0.3 is 0 Å². The van der Waals surface area contributed by atoms with Crippen LogP contribution in [0.25, 0.3) is 11.1 Å². The van der Waals surface area contributed by atoms with Gasteiger partial charge in [0, 0.05) is 12.8 Å². The minimum atomic E-state index is 0.174. The van der Waals surface area contributed by atoms with Crippen LogP contribution in [0.1, 0.15) is 24.0 Å². The van der Waals surface area contributed by atoms with Crippen LogP contribution in [0, 0.1) is 11.3 Å². The van der Waals surface area contributed by atoms with Crippen molar-refractivity contribution in [3.05, 3.63) is 59.7 Å². The van der Waals surface area contributed by atoms with E-state index < -0.39 is 0 Å². The Morgan fingerprint density at radius 3 is 2.00 bits per heavy atom. The van der Waals surface area contributed by atoms with E-state index in [1.807, 2.05) is 24.3 Å². The fourth-order valence-electron chi connectivity index (χ4n) is 2.57. The maximum atomic E-state index is 10.4. The lowest BCUT2D eigenvalue weighted by atomic mass is 9.98. The number of hydrogen-bond acceptors (Lipinski definition) is 3. The van der Waals surface area contributed by atoms with Gasteiger partial charge < -0.3 is 4.74 Å². The predicted octanol–water partition coefficient (Wildman–Crippen LogP) is 3.50. The van der Waals surface area contributed by atoms with Crippen LogP contribution >= 0.6 is 0 Å². The minimum absolute atomic E-state index is 0.174. The van der Waals surface area contributed by atoms with Gasteiger partial charge in [-0.2, -0.15) is 5.26 Å². The zero-order valence-corrected chi connectivity index (χ0v) is 11.2. The van der Waals surface area contributed by atoms with E-state index in [0.717, 1.165) is 0 Å². The average Bonchev–Trinajstić information content (AvgIpc) is 2.80. The highest BCUT2D eigenvalue weighted by Gasteiger charge is 2.28. The Bertz CT molecular complexity index is 598. The monoisotopic (exact) mass is 265 g/mol. The topological polar surface area (TPSA) is 50.1 Å². The highest BCUT2D eigenvalue weighted by atomic mass is 16.5. The molecule has 0 atom stereocenters. The molecular formula is C17H15NO2. The molecule has 0 unspecified atom stereocenters. The molecular weight excluding hydrogens is 250 g/mol. The summed E-state index contributed by atoms with van der Waals surface area (Å²) in [6.45, 7) is 2.36. The van der Waals surface area contributed by atoms with Crippen LogP contribution in [0.5, 0.6) is 0 Å². The first-order valence-corrected chi connectivity index (χ1v) is 6.37. The van der Waals surface area contributed by atoms with Gasteiger partial charge in [0.15, 0.2) is 0 Å². The quantitative estimate of drug-likeness (QED) is 0.798. The molecule has 2 aromatic carbocycles. The van der Waals surface area contributed by atoms with Crippen molar-refractivity contribution in [3.8, 4) is 17.2 Å². The Kier molecular flexibility index (Phi) is 4.52. The standard InChI is InChI=1S/C15H12O2.C2H3N/c16-10-17-9-15-13-7-3-1-5-11(13)12-6-2-4-8-14(12)15;1-2-3/h1-8,10,15H,9H2;1H3. The highest BCUT2D eigenvalue weighted by Crippen LogP contribution is 2.44.